The van der Waals surface area contributed by atoms with Gasteiger partial charge in [0.2, 0.25) is 0 Å². The van der Waals surface area contributed by atoms with E-state index in [1.165, 1.54) is 0 Å². The van der Waals surface area contributed by atoms with Gasteiger partial charge in [-0.05, 0) is 37.8 Å². The summed E-state index contributed by atoms with van der Waals surface area (Å²) in [5.74, 6) is 0.311. The van der Waals surface area contributed by atoms with Crippen molar-refractivity contribution in [3.63, 3.8) is 0 Å². The van der Waals surface area contributed by atoms with Crippen LogP contribution in [0.4, 0.5) is 5.69 Å². The van der Waals surface area contributed by atoms with Gasteiger partial charge in [-0.1, -0.05) is 25.5 Å². The molecular weight excluding hydrogens is 344 g/mol. The third-order valence-electron chi connectivity index (χ3n) is 4.71. The van der Waals surface area contributed by atoms with Gasteiger partial charge in [0, 0.05) is 13.1 Å². The third-order valence-corrected chi connectivity index (χ3v) is 4.71. The van der Waals surface area contributed by atoms with Gasteiger partial charge >= 0.3 is 0 Å². The van der Waals surface area contributed by atoms with E-state index >= 15 is 0 Å². The Morgan fingerprint density at radius 2 is 2.04 bits per heavy atom. The number of benzene rings is 1. The summed E-state index contributed by atoms with van der Waals surface area (Å²) in [7, 11) is 1.56. The number of carbonyl (C=O) groups is 2. The highest BCUT2D eigenvalue weighted by Gasteiger charge is 2.27. The van der Waals surface area contributed by atoms with Crippen LogP contribution in [-0.2, 0) is 13.0 Å². The summed E-state index contributed by atoms with van der Waals surface area (Å²) in [6.45, 7) is 3.38. The monoisotopic (exact) mass is 370 g/mol. The number of hydrogen-bond acceptors (Lipinski definition) is 4. The molecule has 1 aliphatic rings. The largest absolute Gasteiger partial charge is 0.495 e. The molecule has 27 heavy (non-hydrogen) atoms. The van der Waals surface area contributed by atoms with Crippen molar-refractivity contribution in [1.82, 2.24) is 14.9 Å². The summed E-state index contributed by atoms with van der Waals surface area (Å²) in [4.78, 5) is 29.8. The van der Waals surface area contributed by atoms with Crippen LogP contribution in [0.5, 0.6) is 5.75 Å². The maximum absolute atomic E-state index is 12.9. The van der Waals surface area contributed by atoms with Crippen molar-refractivity contribution in [2.24, 2.45) is 0 Å². The SMILES string of the molecule is CCCCNC(=O)c1nc(C(=O)Nc2ccccc2OC)n2c1CCCC2. The standard InChI is InChI=1S/C20H26N4O3/c1-3-4-12-21-19(25)17-15-10-7-8-13-24(15)18(23-17)20(26)22-14-9-5-6-11-16(14)27-2/h5-6,9,11H,3-4,7-8,10,12-13H2,1-2H3,(H,21,25)(H,22,26). The predicted molar refractivity (Wildman–Crippen MR) is 103 cm³/mol. The number of imidazole rings is 1. The summed E-state index contributed by atoms with van der Waals surface area (Å²) in [6.07, 6.45) is 4.65. The Morgan fingerprint density at radius 1 is 1.22 bits per heavy atom. The first-order chi connectivity index (χ1) is 13.2. The van der Waals surface area contributed by atoms with Crippen LogP contribution in [0.25, 0.3) is 0 Å². The summed E-state index contributed by atoms with van der Waals surface area (Å²) >= 11 is 0. The van der Waals surface area contributed by atoms with E-state index in [0.29, 0.717) is 30.2 Å². The van der Waals surface area contributed by atoms with Crippen molar-refractivity contribution in [3.05, 3.63) is 41.5 Å². The highest BCUT2D eigenvalue weighted by Crippen LogP contribution is 2.25. The lowest BCUT2D eigenvalue weighted by Gasteiger charge is -2.17. The Morgan fingerprint density at radius 3 is 2.81 bits per heavy atom. The van der Waals surface area contributed by atoms with Gasteiger partial charge in [0.05, 0.1) is 18.5 Å². The van der Waals surface area contributed by atoms with E-state index in [2.05, 4.69) is 22.5 Å². The minimum Gasteiger partial charge on any atom is -0.495 e. The van der Waals surface area contributed by atoms with Crippen molar-refractivity contribution in [2.75, 3.05) is 19.0 Å². The lowest BCUT2D eigenvalue weighted by Crippen LogP contribution is -2.26. The summed E-state index contributed by atoms with van der Waals surface area (Å²) in [5.41, 5.74) is 1.79. The number of nitrogens with one attached hydrogen (secondary N) is 2. The molecule has 0 atom stereocenters. The highest BCUT2D eigenvalue weighted by molar-refractivity contribution is 6.04. The summed E-state index contributed by atoms with van der Waals surface area (Å²) in [6, 6.07) is 7.22. The molecule has 1 aliphatic heterocycles. The zero-order valence-electron chi connectivity index (χ0n) is 15.9. The van der Waals surface area contributed by atoms with E-state index in [0.717, 1.165) is 37.8 Å². The number of hydrogen-bond donors (Lipinski definition) is 2. The average Bonchev–Trinajstić information content (AvgIpc) is 3.08. The van der Waals surface area contributed by atoms with Crippen LogP contribution < -0.4 is 15.4 Å². The Labute approximate surface area is 159 Å². The van der Waals surface area contributed by atoms with Gasteiger partial charge in [0.25, 0.3) is 11.8 Å². The number of para-hydroxylation sites is 2. The molecule has 7 nitrogen and oxygen atoms in total. The van der Waals surface area contributed by atoms with Crippen LogP contribution in [-0.4, -0.2) is 35.0 Å². The third kappa shape index (κ3) is 4.13. The van der Waals surface area contributed by atoms with Crippen LogP contribution in [0.2, 0.25) is 0 Å². The quantitative estimate of drug-likeness (QED) is 0.734. The summed E-state index contributed by atoms with van der Waals surface area (Å²) < 4.78 is 7.16. The van der Waals surface area contributed by atoms with Gasteiger partial charge in [-0.2, -0.15) is 0 Å². The van der Waals surface area contributed by atoms with E-state index in [4.69, 9.17) is 4.74 Å². The van der Waals surface area contributed by atoms with E-state index < -0.39 is 0 Å². The molecule has 0 aliphatic carbocycles. The molecule has 7 heteroatoms. The van der Waals surface area contributed by atoms with E-state index in [-0.39, 0.29) is 17.6 Å². The van der Waals surface area contributed by atoms with Crippen LogP contribution in [0.3, 0.4) is 0 Å². The zero-order chi connectivity index (χ0) is 19.2. The molecular formula is C20H26N4O3. The first-order valence-electron chi connectivity index (χ1n) is 9.47. The molecule has 0 spiro atoms. The maximum Gasteiger partial charge on any atom is 0.291 e. The lowest BCUT2D eigenvalue weighted by atomic mass is 10.1. The molecule has 0 unspecified atom stereocenters. The fourth-order valence-electron chi connectivity index (χ4n) is 3.29. The molecule has 0 saturated heterocycles. The number of methoxy groups -OCH3 is 1. The number of fused-ring (bicyclic) bond motifs is 1. The van der Waals surface area contributed by atoms with Gasteiger partial charge < -0.3 is 19.9 Å². The number of ether oxygens (including phenoxy) is 1. The first kappa shape index (κ1) is 18.9. The van der Waals surface area contributed by atoms with Gasteiger partial charge in [-0.15, -0.1) is 0 Å². The van der Waals surface area contributed by atoms with Crippen molar-refractivity contribution in [2.45, 2.75) is 45.6 Å². The van der Waals surface area contributed by atoms with Gasteiger partial charge in [-0.25, -0.2) is 4.98 Å². The van der Waals surface area contributed by atoms with Crippen molar-refractivity contribution in [3.8, 4) is 5.75 Å². The van der Waals surface area contributed by atoms with Crippen LogP contribution in [0, 0.1) is 0 Å². The van der Waals surface area contributed by atoms with Crippen LogP contribution in [0.1, 0.15) is 59.4 Å². The van der Waals surface area contributed by atoms with E-state index in [9.17, 15) is 9.59 Å². The number of carbonyl (C=O) groups excluding carboxylic acids is 2. The number of anilines is 1. The Balaban J connectivity index is 1.86. The number of unbranched alkanes of at least 4 members (excludes halogenated alkanes) is 1. The molecule has 0 radical (unpaired) electrons. The molecule has 3 rings (SSSR count). The Hall–Kier alpha value is -2.83. The molecule has 2 amide bonds. The van der Waals surface area contributed by atoms with Gasteiger partial charge in [0.15, 0.2) is 5.82 Å². The van der Waals surface area contributed by atoms with Crippen LogP contribution >= 0.6 is 0 Å². The van der Waals surface area contributed by atoms with Crippen molar-refractivity contribution >= 4 is 17.5 Å². The second-order valence-electron chi connectivity index (χ2n) is 6.60. The molecule has 2 N–H and O–H groups in total. The minimum atomic E-state index is -0.338. The van der Waals surface area contributed by atoms with E-state index in [1.54, 1.807) is 19.2 Å². The molecule has 144 valence electrons. The van der Waals surface area contributed by atoms with Crippen LogP contribution in [0.15, 0.2) is 24.3 Å². The topological polar surface area (TPSA) is 85.2 Å². The fourth-order valence-corrected chi connectivity index (χ4v) is 3.29. The molecule has 2 heterocycles. The normalized spacial score (nSPS) is 13.0. The van der Waals surface area contributed by atoms with Gasteiger partial charge in [0.1, 0.15) is 11.4 Å². The molecule has 2 aromatic rings. The summed E-state index contributed by atoms with van der Waals surface area (Å²) in [5, 5.41) is 5.76. The molecule has 0 bridgehead atoms. The second kappa shape index (κ2) is 8.70. The van der Waals surface area contributed by atoms with E-state index in [1.807, 2.05) is 16.7 Å². The fraction of sp³-hybridized carbons (Fsp3) is 0.450. The molecule has 0 fully saturated rings. The Bertz CT molecular complexity index is 829. The minimum absolute atomic E-state index is 0.203. The number of amides is 2. The second-order valence-corrected chi connectivity index (χ2v) is 6.60. The smallest absolute Gasteiger partial charge is 0.291 e. The van der Waals surface area contributed by atoms with Crippen molar-refractivity contribution < 1.29 is 14.3 Å². The Kier molecular flexibility index (Phi) is 6.11. The maximum atomic E-state index is 12.9. The predicted octanol–water partition coefficient (Wildman–Crippen LogP) is 3.01. The molecule has 1 aromatic carbocycles. The number of rotatable bonds is 7. The molecule has 1 aromatic heterocycles. The first-order valence-corrected chi connectivity index (χ1v) is 9.47. The number of aromatic nitrogens is 2. The number of nitrogens with zero attached hydrogens (tertiary/aromatic N) is 2. The van der Waals surface area contributed by atoms with Crippen molar-refractivity contribution in [1.29, 1.82) is 0 Å². The zero-order valence-corrected chi connectivity index (χ0v) is 15.9. The average molecular weight is 370 g/mol. The molecule has 0 saturated carbocycles. The lowest BCUT2D eigenvalue weighted by molar-refractivity contribution is 0.0947. The highest BCUT2D eigenvalue weighted by atomic mass is 16.5. The van der Waals surface area contributed by atoms with Gasteiger partial charge in [-0.3, -0.25) is 9.59 Å².